The van der Waals surface area contributed by atoms with Gasteiger partial charge in [0.1, 0.15) is 0 Å². The number of fused-ring (bicyclic) bond motifs is 1. The summed E-state index contributed by atoms with van der Waals surface area (Å²) in [6.45, 7) is 5.33. The first-order chi connectivity index (χ1) is 14.3. The van der Waals surface area contributed by atoms with E-state index in [0.717, 1.165) is 29.3 Å². The van der Waals surface area contributed by atoms with Gasteiger partial charge in [-0.3, -0.25) is 25.0 Å². The van der Waals surface area contributed by atoms with E-state index in [0.29, 0.717) is 37.7 Å². The fraction of sp³-hybridized carbons (Fsp3) is 0.350. The summed E-state index contributed by atoms with van der Waals surface area (Å²) in [5.74, 6) is 0.727. The van der Waals surface area contributed by atoms with Crippen molar-refractivity contribution < 1.29 is 24.1 Å². The van der Waals surface area contributed by atoms with Crippen LogP contribution < -0.4 is 9.47 Å². The smallest absolute Gasteiger partial charge is 0.277 e. The number of carbonyl (C=O) groups is 1. The lowest BCUT2D eigenvalue weighted by molar-refractivity contribution is -0.394. The van der Waals surface area contributed by atoms with Crippen LogP contribution in [0.5, 0.6) is 11.5 Å². The molecule has 3 rings (SSSR count). The molecule has 1 aliphatic heterocycles. The van der Waals surface area contributed by atoms with Crippen molar-refractivity contribution in [1.82, 2.24) is 4.90 Å². The highest BCUT2D eigenvalue weighted by molar-refractivity contribution is 5.95. The van der Waals surface area contributed by atoms with E-state index in [4.69, 9.17) is 9.47 Å². The molecule has 1 amide bonds. The minimum atomic E-state index is -0.751. The Morgan fingerprint density at radius 2 is 1.47 bits per heavy atom. The number of nitro benzene ring substituents is 2. The van der Waals surface area contributed by atoms with Crippen LogP contribution in [0.15, 0.2) is 30.3 Å². The van der Waals surface area contributed by atoms with Crippen LogP contribution in [-0.4, -0.2) is 40.4 Å². The molecule has 1 aliphatic rings. The molecule has 0 unspecified atom stereocenters. The second-order valence-electron chi connectivity index (χ2n) is 6.66. The van der Waals surface area contributed by atoms with Crippen molar-refractivity contribution in [3.05, 3.63) is 67.3 Å². The molecule has 0 atom stereocenters. The molecule has 2 aromatic carbocycles. The minimum absolute atomic E-state index is 0.0877. The van der Waals surface area contributed by atoms with Gasteiger partial charge in [-0.25, -0.2) is 0 Å². The number of ether oxygens (including phenoxy) is 2. The molecule has 2 aromatic rings. The monoisotopic (exact) mass is 415 g/mol. The number of nitro groups is 2. The summed E-state index contributed by atoms with van der Waals surface area (Å²) < 4.78 is 11.3. The highest BCUT2D eigenvalue weighted by Gasteiger charge is 2.27. The van der Waals surface area contributed by atoms with Crippen LogP contribution in [0.1, 0.15) is 35.3 Å². The summed E-state index contributed by atoms with van der Waals surface area (Å²) in [6, 6.07) is 6.71. The Morgan fingerprint density at radius 3 is 1.97 bits per heavy atom. The van der Waals surface area contributed by atoms with Crippen LogP contribution in [-0.2, 0) is 13.0 Å². The van der Waals surface area contributed by atoms with Crippen molar-refractivity contribution in [3.8, 4) is 11.5 Å². The van der Waals surface area contributed by atoms with Gasteiger partial charge in [0.15, 0.2) is 11.5 Å². The molecule has 0 N–H and O–H groups in total. The summed E-state index contributed by atoms with van der Waals surface area (Å²) in [4.78, 5) is 35.2. The van der Waals surface area contributed by atoms with Crippen LogP contribution in [0.2, 0.25) is 0 Å². The number of benzene rings is 2. The van der Waals surface area contributed by atoms with E-state index in [-0.39, 0.29) is 12.1 Å². The zero-order chi connectivity index (χ0) is 21.8. The fourth-order valence-corrected chi connectivity index (χ4v) is 3.39. The van der Waals surface area contributed by atoms with Crippen molar-refractivity contribution in [2.45, 2.75) is 26.8 Å². The zero-order valence-corrected chi connectivity index (χ0v) is 16.6. The molecule has 10 heteroatoms. The molecule has 0 aromatic heterocycles. The van der Waals surface area contributed by atoms with Gasteiger partial charge < -0.3 is 14.4 Å². The highest BCUT2D eigenvalue weighted by Crippen LogP contribution is 2.34. The Morgan fingerprint density at radius 1 is 0.933 bits per heavy atom. The number of rotatable bonds is 7. The molecule has 30 heavy (non-hydrogen) atoms. The van der Waals surface area contributed by atoms with E-state index in [1.807, 2.05) is 26.0 Å². The average molecular weight is 415 g/mol. The van der Waals surface area contributed by atoms with Crippen LogP contribution in [0.3, 0.4) is 0 Å². The van der Waals surface area contributed by atoms with Gasteiger partial charge in [-0.05, 0) is 43.5 Å². The van der Waals surface area contributed by atoms with E-state index < -0.39 is 27.1 Å². The molecule has 158 valence electrons. The molecular formula is C20H21N3O7. The number of hydrogen-bond donors (Lipinski definition) is 0. The third-order valence-corrected chi connectivity index (χ3v) is 4.74. The van der Waals surface area contributed by atoms with Gasteiger partial charge in [0.05, 0.1) is 34.7 Å². The quantitative estimate of drug-likeness (QED) is 0.500. The first-order valence-electron chi connectivity index (χ1n) is 9.48. The predicted octanol–water partition coefficient (Wildman–Crippen LogP) is 3.50. The lowest BCUT2D eigenvalue weighted by atomic mass is 9.98. The number of hydrogen-bond acceptors (Lipinski definition) is 7. The second kappa shape index (κ2) is 8.76. The fourth-order valence-electron chi connectivity index (χ4n) is 3.39. The molecule has 0 radical (unpaired) electrons. The van der Waals surface area contributed by atoms with Gasteiger partial charge >= 0.3 is 0 Å². The number of nitrogens with zero attached hydrogens (tertiary/aromatic N) is 3. The molecule has 0 bridgehead atoms. The molecule has 0 fully saturated rings. The maximum atomic E-state index is 13.0. The third-order valence-electron chi connectivity index (χ3n) is 4.74. The Balaban J connectivity index is 1.91. The maximum Gasteiger partial charge on any atom is 0.277 e. The average Bonchev–Trinajstić information content (AvgIpc) is 2.73. The summed E-state index contributed by atoms with van der Waals surface area (Å²) in [5.41, 5.74) is 0.822. The Hall–Kier alpha value is -3.69. The van der Waals surface area contributed by atoms with Gasteiger partial charge in [0.25, 0.3) is 17.3 Å². The van der Waals surface area contributed by atoms with Gasteiger partial charge in [-0.15, -0.1) is 0 Å². The number of carbonyl (C=O) groups excluding carboxylic acids is 1. The standard InChI is InChI=1S/C20H21N3O7/c1-3-29-18-9-13-5-6-21(12-15(13)10-19(18)30-4-2)20(24)14-7-16(22(25)26)11-17(8-14)23(27)28/h7-11H,3-6,12H2,1-2H3. The first-order valence-corrected chi connectivity index (χ1v) is 9.48. The van der Waals surface area contributed by atoms with E-state index >= 15 is 0 Å². The lowest BCUT2D eigenvalue weighted by Gasteiger charge is -2.30. The molecular weight excluding hydrogens is 394 g/mol. The zero-order valence-electron chi connectivity index (χ0n) is 16.6. The molecule has 0 saturated heterocycles. The number of amides is 1. The summed E-state index contributed by atoms with van der Waals surface area (Å²) in [6.07, 6.45) is 0.560. The van der Waals surface area contributed by atoms with E-state index in [1.165, 1.54) is 4.90 Å². The van der Waals surface area contributed by atoms with Crippen molar-refractivity contribution in [2.24, 2.45) is 0 Å². The predicted molar refractivity (Wildman–Crippen MR) is 107 cm³/mol. The second-order valence-corrected chi connectivity index (χ2v) is 6.66. The molecule has 0 spiro atoms. The van der Waals surface area contributed by atoms with Gasteiger partial charge in [-0.1, -0.05) is 0 Å². The first kappa shape index (κ1) is 21.0. The Labute approximate surface area is 172 Å². The van der Waals surface area contributed by atoms with Crippen molar-refractivity contribution in [1.29, 1.82) is 0 Å². The largest absolute Gasteiger partial charge is 0.490 e. The molecule has 0 saturated carbocycles. The van der Waals surface area contributed by atoms with Crippen molar-refractivity contribution in [3.63, 3.8) is 0 Å². The van der Waals surface area contributed by atoms with E-state index in [1.54, 1.807) is 0 Å². The Kier molecular flexibility index (Phi) is 6.14. The lowest BCUT2D eigenvalue weighted by Crippen LogP contribution is -2.36. The van der Waals surface area contributed by atoms with E-state index in [2.05, 4.69) is 0 Å². The summed E-state index contributed by atoms with van der Waals surface area (Å²) in [7, 11) is 0. The van der Waals surface area contributed by atoms with Gasteiger partial charge in [0.2, 0.25) is 0 Å². The minimum Gasteiger partial charge on any atom is -0.490 e. The van der Waals surface area contributed by atoms with Crippen LogP contribution in [0.4, 0.5) is 11.4 Å². The van der Waals surface area contributed by atoms with Crippen LogP contribution >= 0.6 is 0 Å². The summed E-state index contributed by atoms with van der Waals surface area (Å²) >= 11 is 0. The van der Waals surface area contributed by atoms with Crippen molar-refractivity contribution >= 4 is 17.3 Å². The van der Waals surface area contributed by atoms with Crippen molar-refractivity contribution in [2.75, 3.05) is 19.8 Å². The van der Waals surface area contributed by atoms with Crippen LogP contribution in [0, 0.1) is 20.2 Å². The number of non-ortho nitro benzene ring substituents is 2. The molecule has 10 nitrogen and oxygen atoms in total. The highest BCUT2D eigenvalue weighted by atomic mass is 16.6. The van der Waals surface area contributed by atoms with Gasteiger partial charge in [0, 0.05) is 25.2 Å². The topological polar surface area (TPSA) is 125 Å². The molecule has 0 aliphatic carbocycles. The summed E-state index contributed by atoms with van der Waals surface area (Å²) in [5, 5.41) is 22.2. The van der Waals surface area contributed by atoms with E-state index in [9.17, 15) is 25.0 Å². The van der Waals surface area contributed by atoms with Gasteiger partial charge in [-0.2, -0.15) is 0 Å². The molecule has 1 heterocycles. The SMILES string of the molecule is CCOc1cc2c(cc1OCC)CN(C(=O)c1cc([N+](=O)[O-])cc([N+](=O)[O-])c1)CC2. The maximum absolute atomic E-state index is 13.0. The van der Waals surface area contributed by atoms with Crippen LogP contribution in [0.25, 0.3) is 0 Å². The third kappa shape index (κ3) is 4.32. The normalized spacial score (nSPS) is 12.8. The Bertz CT molecular complexity index is 974.